The molecule has 0 aromatic heterocycles. The van der Waals surface area contributed by atoms with Crippen LogP contribution >= 0.6 is 0 Å². The summed E-state index contributed by atoms with van der Waals surface area (Å²) >= 11 is 0. The number of rotatable bonds is 6. The van der Waals surface area contributed by atoms with Gasteiger partial charge in [-0.2, -0.15) is 0 Å². The molecule has 23 heavy (non-hydrogen) atoms. The van der Waals surface area contributed by atoms with Crippen molar-refractivity contribution in [2.45, 2.75) is 44.6 Å². The third-order valence-corrected chi connectivity index (χ3v) is 4.67. The Kier molecular flexibility index (Phi) is 5.23. The van der Waals surface area contributed by atoms with Gasteiger partial charge in [-0.25, -0.2) is 0 Å². The lowest BCUT2D eigenvalue weighted by atomic mass is 9.69. The van der Waals surface area contributed by atoms with Gasteiger partial charge >= 0.3 is 0 Å². The topological polar surface area (TPSA) is 131 Å². The Morgan fingerprint density at radius 1 is 1.30 bits per heavy atom. The Labute approximate surface area is 135 Å². The Balaban J connectivity index is 2.08. The van der Waals surface area contributed by atoms with E-state index >= 15 is 0 Å². The van der Waals surface area contributed by atoms with Gasteiger partial charge < -0.3 is 21.7 Å². The van der Waals surface area contributed by atoms with Gasteiger partial charge in [0, 0.05) is 19.6 Å². The Bertz CT molecular complexity index is 523. The van der Waals surface area contributed by atoms with Gasteiger partial charge in [0.05, 0.1) is 0 Å². The van der Waals surface area contributed by atoms with Crippen LogP contribution < -0.4 is 16.8 Å². The van der Waals surface area contributed by atoms with Gasteiger partial charge in [0.15, 0.2) is 11.7 Å². The minimum atomic E-state index is -1.11. The maximum absolute atomic E-state index is 12.7. The first-order valence-corrected chi connectivity index (χ1v) is 8.06. The first-order chi connectivity index (χ1) is 10.9. The van der Waals surface area contributed by atoms with Crippen molar-refractivity contribution >= 4 is 23.6 Å². The van der Waals surface area contributed by atoms with Crippen LogP contribution in [-0.2, 0) is 14.4 Å². The van der Waals surface area contributed by atoms with Crippen LogP contribution in [0, 0.1) is 5.92 Å². The molecule has 5 N–H and O–H groups in total. The number of guanidine groups is 1. The molecule has 2 atom stereocenters. The van der Waals surface area contributed by atoms with Crippen LogP contribution in [0.15, 0.2) is 4.99 Å². The van der Waals surface area contributed by atoms with Crippen LogP contribution in [0.4, 0.5) is 0 Å². The first kappa shape index (κ1) is 17.2. The van der Waals surface area contributed by atoms with E-state index in [1.165, 1.54) is 6.92 Å². The van der Waals surface area contributed by atoms with E-state index in [1.807, 2.05) is 0 Å². The van der Waals surface area contributed by atoms with Crippen LogP contribution in [0.2, 0.25) is 0 Å². The second-order valence-electron chi connectivity index (χ2n) is 6.25. The molecule has 2 heterocycles. The molecular formula is C15H25N5O3. The summed E-state index contributed by atoms with van der Waals surface area (Å²) in [6, 6.07) is 0. The average Bonchev–Trinajstić information content (AvgIpc) is 2.50. The van der Waals surface area contributed by atoms with E-state index in [0.29, 0.717) is 32.5 Å². The summed E-state index contributed by atoms with van der Waals surface area (Å²) in [6.45, 7) is 3.09. The fourth-order valence-corrected chi connectivity index (χ4v) is 3.37. The summed E-state index contributed by atoms with van der Waals surface area (Å²) < 4.78 is 0. The lowest BCUT2D eigenvalue weighted by molar-refractivity contribution is -0.162. The van der Waals surface area contributed by atoms with Gasteiger partial charge in [0.2, 0.25) is 11.8 Å². The fraction of sp³-hybridized carbons (Fsp3) is 0.733. The molecule has 2 unspecified atom stereocenters. The molecule has 0 aromatic rings. The van der Waals surface area contributed by atoms with Gasteiger partial charge in [0.1, 0.15) is 11.5 Å². The number of likely N-dealkylation sites (tertiary alicyclic amines) is 1. The van der Waals surface area contributed by atoms with Crippen molar-refractivity contribution in [1.82, 2.24) is 10.2 Å². The smallest absolute Gasteiger partial charge is 0.238 e. The molecule has 2 aliphatic rings. The second-order valence-corrected chi connectivity index (χ2v) is 6.25. The van der Waals surface area contributed by atoms with E-state index in [-0.39, 0.29) is 23.6 Å². The van der Waals surface area contributed by atoms with E-state index in [1.54, 1.807) is 4.90 Å². The van der Waals surface area contributed by atoms with Gasteiger partial charge in [-0.3, -0.25) is 19.4 Å². The molecule has 2 saturated heterocycles. The number of carbonyl (C=O) groups is 3. The lowest BCUT2D eigenvalue weighted by Crippen LogP contribution is -2.76. The van der Waals surface area contributed by atoms with Crippen LogP contribution in [0.5, 0.6) is 0 Å². The van der Waals surface area contributed by atoms with Crippen molar-refractivity contribution in [3.8, 4) is 0 Å². The van der Waals surface area contributed by atoms with Crippen LogP contribution in [0.1, 0.15) is 39.0 Å². The number of aliphatic imine (C=N–C) groups is 1. The van der Waals surface area contributed by atoms with E-state index in [9.17, 15) is 14.4 Å². The Hall–Kier alpha value is -2.12. The number of carbonyl (C=O) groups excluding carboxylic acids is 3. The Morgan fingerprint density at radius 2 is 1.96 bits per heavy atom. The molecule has 128 valence electrons. The monoisotopic (exact) mass is 323 g/mol. The summed E-state index contributed by atoms with van der Waals surface area (Å²) in [5, 5.41) is 2.67. The highest BCUT2D eigenvalue weighted by molar-refractivity contribution is 6.14. The minimum Gasteiger partial charge on any atom is -0.370 e. The maximum atomic E-state index is 12.7. The highest BCUT2D eigenvalue weighted by atomic mass is 16.2. The number of ketones is 1. The number of nitrogens with one attached hydrogen (secondary N) is 1. The zero-order chi connectivity index (χ0) is 17.0. The first-order valence-electron chi connectivity index (χ1n) is 8.06. The van der Waals surface area contributed by atoms with Crippen LogP contribution in [0.25, 0.3) is 0 Å². The molecule has 0 aliphatic carbocycles. The highest BCUT2D eigenvalue weighted by Crippen LogP contribution is 2.35. The molecule has 2 fully saturated rings. The molecule has 0 saturated carbocycles. The standard InChI is InChI=1S/C15H25N5O3/c1-10(21)15(6-5-7-18-14(16)17)11(12(22)19-15)13(23)20-8-3-2-4-9-20/h11H,2-9H2,1H3,(H,19,22)(H4,16,17,18). The highest BCUT2D eigenvalue weighted by Gasteiger charge is 2.60. The van der Waals surface area contributed by atoms with E-state index in [0.717, 1.165) is 19.3 Å². The van der Waals surface area contributed by atoms with Crippen molar-refractivity contribution in [1.29, 1.82) is 0 Å². The molecule has 0 bridgehead atoms. The summed E-state index contributed by atoms with van der Waals surface area (Å²) in [7, 11) is 0. The van der Waals surface area contributed by atoms with Gasteiger partial charge in [-0.15, -0.1) is 0 Å². The molecule has 0 aromatic carbocycles. The number of hydrogen-bond donors (Lipinski definition) is 3. The molecular weight excluding hydrogens is 298 g/mol. The molecule has 2 amide bonds. The summed E-state index contributed by atoms with van der Waals surface area (Å²) in [5.41, 5.74) is 9.44. The van der Waals surface area contributed by atoms with Crippen molar-refractivity contribution in [3.63, 3.8) is 0 Å². The fourth-order valence-electron chi connectivity index (χ4n) is 3.37. The molecule has 2 aliphatic heterocycles. The number of β-lactam (4-membered cyclic amide) rings is 1. The number of amides is 2. The lowest BCUT2D eigenvalue weighted by Gasteiger charge is -2.48. The largest absolute Gasteiger partial charge is 0.370 e. The normalized spacial score (nSPS) is 26.9. The van der Waals surface area contributed by atoms with Crippen LogP contribution in [0.3, 0.4) is 0 Å². The third kappa shape index (κ3) is 3.46. The van der Waals surface area contributed by atoms with Gasteiger partial charge in [-0.1, -0.05) is 0 Å². The minimum absolute atomic E-state index is 0.0135. The zero-order valence-electron chi connectivity index (χ0n) is 13.5. The summed E-state index contributed by atoms with van der Waals surface area (Å²) in [5.74, 6) is -1.72. The van der Waals surface area contributed by atoms with Crippen molar-refractivity contribution in [2.75, 3.05) is 19.6 Å². The zero-order valence-corrected chi connectivity index (χ0v) is 13.5. The van der Waals surface area contributed by atoms with Crippen molar-refractivity contribution < 1.29 is 14.4 Å². The quantitative estimate of drug-likeness (QED) is 0.192. The van der Waals surface area contributed by atoms with Gasteiger partial charge in [-0.05, 0) is 39.0 Å². The Morgan fingerprint density at radius 3 is 2.48 bits per heavy atom. The maximum Gasteiger partial charge on any atom is 0.238 e. The van der Waals surface area contributed by atoms with E-state index in [4.69, 9.17) is 11.5 Å². The second kappa shape index (κ2) is 6.97. The molecule has 8 heteroatoms. The van der Waals surface area contributed by atoms with Gasteiger partial charge in [0.25, 0.3) is 0 Å². The van der Waals surface area contributed by atoms with Crippen molar-refractivity contribution in [2.24, 2.45) is 22.4 Å². The molecule has 0 spiro atoms. The number of nitrogens with zero attached hydrogens (tertiary/aromatic N) is 2. The third-order valence-electron chi connectivity index (χ3n) is 4.67. The summed E-state index contributed by atoms with van der Waals surface area (Å²) in [6.07, 6.45) is 3.85. The number of piperidine rings is 1. The number of hydrogen-bond acceptors (Lipinski definition) is 4. The molecule has 0 radical (unpaired) electrons. The summed E-state index contributed by atoms with van der Waals surface area (Å²) in [4.78, 5) is 42.4. The SMILES string of the molecule is CC(=O)C1(CCCN=C(N)N)NC(=O)C1C(=O)N1CCCCC1. The molecule has 2 rings (SSSR count). The van der Waals surface area contributed by atoms with Crippen molar-refractivity contribution in [3.05, 3.63) is 0 Å². The van der Waals surface area contributed by atoms with E-state index in [2.05, 4.69) is 10.3 Å². The molecule has 8 nitrogen and oxygen atoms in total. The average molecular weight is 323 g/mol. The van der Waals surface area contributed by atoms with Crippen LogP contribution in [-0.4, -0.2) is 53.6 Å². The van der Waals surface area contributed by atoms with E-state index < -0.39 is 11.5 Å². The predicted molar refractivity (Wildman–Crippen MR) is 85.4 cm³/mol. The predicted octanol–water partition coefficient (Wildman–Crippen LogP) is -0.874. The number of Topliss-reactive ketones (excluding diaryl/α,β-unsaturated/α-hetero) is 1. The number of nitrogens with two attached hydrogens (primary N) is 2.